The van der Waals surface area contributed by atoms with E-state index < -0.39 is 11.4 Å². The lowest BCUT2D eigenvalue weighted by atomic mass is 9.48. The van der Waals surface area contributed by atoms with Gasteiger partial charge < -0.3 is 14.6 Å². The lowest BCUT2D eigenvalue weighted by Gasteiger charge is -2.57. The number of rotatable bonds is 7. The Balaban J connectivity index is 1.02. The van der Waals surface area contributed by atoms with Crippen LogP contribution in [0.25, 0.3) is 0 Å². The number of carbonyl (C=O) groups is 1. The van der Waals surface area contributed by atoms with E-state index in [0.29, 0.717) is 31.2 Å². The van der Waals surface area contributed by atoms with E-state index in [2.05, 4.69) is 34.3 Å². The number of methoxy groups -OCH3 is 1. The van der Waals surface area contributed by atoms with Crippen LogP contribution in [0.1, 0.15) is 83.5 Å². The van der Waals surface area contributed by atoms with Crippen molar-refractivity contribution in [3.05, 3.63) is 36.6 Å². The van der Waals surface area contributed by atoms with Crippen LogP contribution in [-0.4, -0.2) is 34.8 Å². The maximum Gasteiger partial charge on any atom is 0.319 e. The zero-order valence-corrected chi connectivity index (χ0v) is 24.7. The van der Waals surface area contributed by atoms with Crippen molar-refractivity contribution in [1.82, 2.24) is 9.97 Å². The minimum atomic E-state index is -0.783. The highest BCUT2D eigenvalue weighted by molar-refractivity contribution is 5.76. The molecule has 1 aromatic rings. The van der Waals surface area contributed by atoms with Gasteiger partial charge in [-0.3, -0.25) is 4.79 Å². The molecule has 4 saturated carbocycles. The monoisotopic (exact) mass is 560 g/mol. The Hall–Kier alpha value is -2.37. The van der Waals surface area contributed by atoms with Crippen LogP contribution in [0, 0.1) is 64.6 Å². The fraction of sp³-hybridized carbons (Fsp3) is 0.743. The van der Waals surface area contributed by atoms with Gasteiger partial charge in [-0.1, -0.05) is 24.3 Å². The van der Waals surface area contributed by atoms with Crippen molar-refractivity contribution in [1.29, 1.82) is 0 Å². The smallest absolute Gasteiger partial charge is 0.319 e. The number of carboxylic acid groups (broad SMARTS) is 1. The number of hydrogen-bond donors (Lipinski definition) is 1. The molecule has 6 heteroatoms. The largest absolute Gasteiger partial charge is 0.481 e. The summed E-state index contributed by atoms with van der Waals surface area (Å²) in [6, 6.07) is 1.93. The number of fused-ring (bicyclic) bond motifs is 7. The zero-order chi connectivity index (χ0) is 28.0. The summed E-state index contributed by atoms with van der Waals surface area (Å²) < 4.78 is 11.1. The predicted octanol–water partition coefficient (Wildman–Crippen LogP) is 7.36. The van der Waals surface area contributed by atoms with Crippen molar-refractivity contribution >= 4 is 5.97 Å². The number of nitrogens with zero attached hydrogens (tertiary/aromatic N) is 2. The van der Waals surface area contributed by atoms with Gasteiger partial charge in [0.25, 0.3) is 0 Å². The Labute approximate surface area is 245 Å². The second-order valence-electron chi connectivity index (χ2n) is 14.3. The van der Waals surface area contributed by atoms with Gasteiger partial charge in [-0.25, -0.2) is 4.98 Å². The summed E-state index contributed by atoms with van der Waals surface area (Å²) in [4.78, 5) is 21.4. The van der Waals surface area contributed by atoms with Gasteiger partial charge in [0, 0.05) is 12.3 Å². The maximum absolute atomic E-state index is 13.0. The molecule has 4 fully saturated rings. The Morgan fingerprint density at radius 1 is 0.927 bits per heavy atom. The second kappa shape index (κ2) is 11.4. The second-order valence-corrected chi connectivity index (χ2v) is 14.3. The number of carboxylic acids is 1. The molecule has 0 bridgehead atoms. The summed E-state index contributed by atoms with van der Waals surface area (Å²) in [5.41, 5.74) is -0.783. The molecule has 0 aromatic carbocycles. The summed E-state index contributed by atoms with van der Waals surface area (Å²) in [6.07, 6.45) is 26.8. The van der Waals surface area contributed by atoms with Gasteiger partial charge in [-0.05, 0) is 143 Å². The van der Waals surface area contributed by atoms with Crippen LogP contribution in [0.4, 0.5) is 0 Å². The van der Waals surface area contributed by atoms with E-state index in [0.717, 1.165) is 53.8 Å². The average molecular weight is 561 g/mol. The van der Waals surface area contributed by atoms with E-state index in [1.807, 2.05) is 0 Å². The molecule has 7 rings (SSSR count). The predicted molar refractivity (Wildman–Crippen MR) is 157 cm³/mol. The van der Waals surface area contributed by atoms with Crippen molar-refractivity contribution in [3.8, 4) is 11.9 Å². The third-order valence-electron chi connectivity index (χ3n) is 13.0. The summed E-state index contributed by atoms with van der Waals surface area (Å²) in [5.74, 6) is 7.61. The molecule has 0 amide bonds. The van der Waals surface area contributed by atoms with Gasteiger partial charge in [-0.2, -0.15) is 4.98 Å². The molecule has 11 unspecified atom stereocenters. The van der Waals surface area contributed by atoms with Crippen LogP contribution in [-0.2, 0) is 4.79 Å². The minimum absolute atomic E-state index is 0.0723. The SMILES string of the molecule is COc1ccnc(OCCC2(C(=O)O)CCC=CC2C2CCC3C(CCC4C3CCC3C5CC=CC5CCC34)C2)n1. The number of aliphatic carboxylic acids is 1. The van der Waals surface area contributed by atoms with Crippen LogP contribution >= 0.6 is 0 Å². The van der Waals surface area contributed by atoms with Crippen LogP contribution in [0.2, 0.25) is 0 Å². The van der Waals surface area contributed by atoms with Crippen LogP contribution in [0.5, 0.6) is 11.9 Å². The molecule has 1 aromatic heterocycles. The van der Waals surface area contributed by atoms with Crippen LogP contribution in [0.3, 0.4) is 0 Å². The summed E-state index contributed by atoms with van der Waals surface area (Å²) >= 11 is 0. The topological polar surface area (TPSA) is 81.5 Å². The number of ether oxygens (including phenoxy) is 2. The van der Waals surface area contributed by atoms with Crippen molar-refractivity contribution in [2.45, 2.75) is 83.5 Å². The maximum atomic E-state index is 13.0. The van der Waals surface area contributed by atoms with Gasteiger partial charge in [-0.15, -0.1) is 0 Å². The molecular weight excluding hydrogens is 512 g/mol. The Bertz CT molecular complexity index is 1170. The third kappa shape index (κ3) is 4.91. The van der Waals surface area contributed by atoms with Crippen LogP contribution < -0.4 is 9.47 Å². The van der Waals surface area contributed by atoms with Crippen molar-refractivity contribution in [2.24, 2.45) is 64.6 Å². The van der Waals surface area contributed by atoms with E-state index in [-0.39, 0.29) is 11.9 Å². The third-order valence-corrected chi connectivity index (χ3v) is 13.0. The van der Waals surface area contributed by atoms with Gasteiger partial charge >= 0.3 is 12.0 Å². The fourth-order valence-corrected chi connectivity index (χ4v) is 11.3. The standard InChI is InChI=1S/C35H48N2O4/c1-40-32-16-19-36-34(37-32)41-20-18-35(33(38)39)17-3-2-7-31(35)24-10-11-26-23(21-24)9-13-30-28(26)15-14-27-25-6-4-5-22(25)8-12-29(27)30/h2,4-5,7,16,19,22-31H,3,6,8-15,17-18,20-21H2,1H3,(H,38,39). The van der Waals surface area contributed by atoms with Gasteiger partial charge in [0.05, 0.1) is 19.1 Å². The van der Waals surface area contributed by atoms with Crippen molar-refractivity contribution < 1.29 is 19.4 Å². The van der Waals surface area contributed by atoms with Gasteiger partial charge in [0.15, 0.2) is 0 Å². The number of hydrogen-bond acceptors (Lipinski definition) is 5. The molecule has 11 atom stereocenters. The summed E-state index contributed by atoms with van der Waals surface area (Å²) in [6.45, 7) is 0.298. The van der Waals surface area contributed by atoms with E-state index >= 15 is 0 Å². The van der Waals surface area contributed by atoms with E-state index in [4.69, 9.17) is 9.47 Å². The van der Waals surface area contributed by atoms with E-state index in [9.17, 15) is 9.90 Å². The fourth-order valence-electron chi connectivity index (χ4n) is 11.3. The normalized spacial score (nSPS) is 42.9. The first kappa shape index (κ1) is 27.5. The highest BCUT2D eigenvalue weighted by atomic mass is 16.5. The Morgan fingerprint density at radius 3 is 2.49 bits per heavy atom. The first-order chi connectivity index (χ1) is 20.1. The van der Waals surface area contributed by atoms with Crippen LogP contribution in [0.15, 0.2) is 36.6 Å². The van der Waals surface area contributed by atoms with E-state index in [1.54, 1.807) is 19.4 Å². The quantitative estimate of drug-likeness (QED) is 0.351. The molecule has 6 aliphatic carbocycles. The Kier molecular flexibility index (Phi) is 7.62. The highest BCUT2D eigenvalue weighted by Gasteiger charge is 2.54. The molecular formula is C35H48N2O4. The average Bonchev–Trinajstić information content (AvgIpc) is 3.50. The highest BCUT2D eigenvalue weighted by Crippen LogP contribution is 2.61. The number of aromatic nitrogens is 2. The van der Waals surface area contributed by atoms with E-state index in [1.165, 1.54) is 64.2 Å². The molecule has 0 radical (unpaired) electrons. The zero-order valence-electron chi connectivity index (χ0n) is 24.7. The lowest BCUT2D eigenvalue weighted by Crippen LogP contribution is -2.50. The molecule has 6 nitrogen and oxygen atoms in total. The molecule has 1 heterocycles. The molecule has 1 N–H and O–H groups in total. The first-order valence-corrected chi connectivity index (χ1v) is 16.6. The molecule has 0 saturated heterocycles. The molecule has 6 aliphatic rings. The van der Waals surface area contributed by atoms with Gasteiger partial charge in [0.2, 0.25) is 5.88 Å². The van der Waals surface area contributed by atoms with Crippen molar-refractivity contribution in [3.63, 3.8) is 0 Å². The molecule has 41 heavy (non-hydrogen) atoms. The minimum Gasteiger partial charge on any atom is -0.481 e. The molecule has 222 valence electrons. The Morgan fingerprint density at radius 2 is 1.66 bits per heavy atom. The molecule has 0 spiro atoms. The van der Waals surface area contributed by atoms with Gasteiger partial charge in [0.1, 0.15) is 0 Å². The summed E-state index contributed by atoms with van der Waals surface area (Å²) in [7, 11) is 1.56. The number of allylic oxidation sites excluding steroid dienone is 4. The van der Waals surface area contributed by atoms with Crippen molar-refractivity contribution in [2.75, 3.05) is 13.7 Å². The summed E-state index contributed by atoms with van der Waals surface area (Å²) in [5, 5.41) is 10.7. The lowest BCUT2D eigenvalue weighted by molar-refractivity contribution is -0.156. The first-order valence-electron chi connectivity index (χ1n) is 16.6. The molecule has 0 aliphatic heterocycles.